The Kier molecular flexibility index (Phi) is 1.26. The van der Waals surface area contributed by atoms with Crippen molar-refractivity contribution in [2.24, 2.45) is 0 Å². The van der Waals surface area contributed by atoms with E-state index in [1.165, 1.54) is 0 Å². The van der Waals surface area contributed by atoms with Crippen LogP contribution in [0, 0.1) is 0 Å². The molecule has 1 fully saturated rings. The summed E-state index contributed by atoms with van der Waals surface area (Å²) in [6.45, 7) is -0.317. The van der Waals surface area contributed by atoms with Crippen molar-refractivity contribution in [1.82, 2.24) is 0 Å². The number of rotatable bonds is 1. The van der Waals surface area contributed by atoms with Crippen LogP contribution in [0.15, 0.2) is 0 Å². The van der Waals surface area contributed by atoms with Crippen LogP contribution in [0.5, 0.6) is 0 Å². The minimum atomic E-state index is -0.382. The molecule has 1 aliphatic heterocycles. The molecule has 0 spiro atoms. The topological polar surface area (TPSA) is 29.5 Å². The van der Waals surface area contributed by atoms with Crippen molar-refractivity contribution in [2.75, 3.05) is 13.2 Å². The Labute approximate surface area is 44.5 Å². The van der Waals surface area contributed by atoms with Gasteiger partial charge in [0.2, 0.25) is 0 Å². The predicted octanol–water partition coefficient (Wildman–Crippen LogP) is 0.158. The molecule has 1 aliphatic rings. The summed E-state index contributed by atoms with van der Waals surface area (Å²) in [6.07, 6.45) is 1.55. The van der Waals surface area contributed by atoms with E-state index in [9.17, 15) is 0 Å². The van der Waals surface area contributed by atoms with Crippen LogP contribution in [-0.2, 0) is 4.74 Å². The van der Waals surface area contributed by atoms with Crippen molar-refractivity contribution in [3.63, 3.8) is 0 Å². The van der Waals surface area contributed by atoms with Crippen molar-refractivity contribution in [3.05, 3.63) is 0 Å². The van der Waals surface area contributed by atoms with E-state index in [0.717, 1.165) is 12.8 Å². The Balaban J connectivity index is 2.22. The quantitative estimate of drug-likeness (QED) is 0.513. The number of hydrogen-bond donors (Lipinski definition) is 1. The van der Waals surface area contributed by atoms with Gasteiger partial charge in [0.25, 0.3) is 0 Å². The molecule has 0 aliphatic carbocycles. The summed E-state index contributed by atoms with van der Waals surface area (Å²) in [5.41, 5.74) is 0. The monoisotopic (exact) mass is 104 g/mol. The van der Waals surface area contributed by atoms with Crippen LogP contribution in [0.1, 0.15) is 14.2 Å². The lowest BCUT2D eigenvalue weighted by Gasteiger charge is -2.00. The fraction of sp³-hybridized carbons (Fsp3) is 1.00. The van der Waals surface area contributed by atoms with Crippen molar-refractivity contribution in [2.45, 2.75) is 18.9 Å². The highest BCUT2D eigenvalue weighted by atomic mass is 16.5. The second kappa shape index (κ2) is 2.28. The second-order valence-corrected chi connectivity index (χ2v) is 1.68. The molecule has 1 unspecified atom stereocenters. The van der Waals surface area contributed by atoms with E-state index < -0.39 is 0 Å². The molecule has 1 N–H and O–H groups in total. The van der Waals surface area contributed by atoms with E-state index in [4.69, 9.17) is 11.2 Å². The van der Waals surface area contributed by atoms with E-state index in [1.807, 2.05) is 0 Å². The number of aliphatic hydroxyl groups is 1. The average molecular weight is 104 g/mol. The van der Waals surface area contributed by atoms with Gasteiger partial charge < -0.3 is 9.84 Å². The summed E-state index contributed by atoms with van der Waals surface area (Å²) >= 11 is 0. The van der Waals surface area contributed by atoms with Gasteiger partial charge in [-0.15, -0.1) is 0 Å². The largest absolute Gasteiger partial charge is 0.394 e. The maximum absolute atomic E-state index is 8.48. The van der Waals surface area contributed by atoms with Crippen LogP contribution >= 0.6 is 0 Å². The van der Waals surface area contributed by atoms with Gasteiger partial charge in [-0.1, -0.05) is 0 Å². The van der Waals surface area contributed by atoms with E-state index in [0.29, 0.717) is 0 Å². The molecule has 0 radical (unpaired) electrons. The van der Waals surface area contributed by atoms with Crippen molar-refractivity contribution >= 4 is 0 Å². The zero-order chi connectivity index (χ0) is 5.98. The fourth-order valence-electron chi connectivity index (χ4n) is 0.660. The molecule has 42 valence electrons. The highest BCUT2D eigenvalue weighted by Gasteiger charge is 2.12. The van der Waals surface area contributed by atoms with Gasteiger partial charge >= 0.3 is 0 Å². The number of ether oxygens (including phenoxy) is 1. The summed E-state index contributed by atoms with van der Waals surface area (Å²) in [4.78, 5) is 0. The van der Waals surface area contributed by atoms with E-state index in [2.05, 4.69) is 0 Å². The molecule has 1 saturated heterocycles. The molecule has 2 atom stereocenters. The van der Waals surface area contributed by atoms with Crippen molar-refractivity contribution < 1.29 is 11.2 Å². The lowest BCUT2D eigenvalue weighted by Crippen LogP contribution is -2.09. The number of aliphatic hydroxyl groups excluding tert-OH is 1. The first-order valence-electron chi connectivity index (χ1n) is 3.09. The Morgan fingerprint density at radius 1 is 2.00 bits per heavy atom. The summed E-state index contributed by atoms with van der Waals surface area (Å²) < 4.78 is 12.0. The molecule has 0 aromatic heterocycles. The van der Waals surface area contributed by atoms with Crippen molar-refractivity contribution in [3.8, 4) is 0 Å². The minimum absolute atomic E-state index is 0.0579. The van der Waals surface area contributed by atoms with E-state index in [1.54, 1.807) is 0 Å². The van der Waals surface area contributed by atoms with Gasteiger partial charge in [0.15, 0.2) is 0 Å². The molecular weight excluding hydrogens is 92.1 g/mol. The first-order valence-corrected chi connectivity index (χ1v) is 2.51. The first kappa shape index (κ1) is 3.87. The highest BCUT2D eigenvalue weighted by Crippen LogP contribution is 2.09. The third-order valence-corrected chi connectivity index (χ3v) is 1.10. The van der Waals surface area contributed by atoms with Gasteiger partial charge in [-0.25, -0.2) is 0 Å². The third-order valence-electron chi connectivity index (χ3n) is 1.10. The fourth-order valence-corrected chi connectivity index (χ4v) is 0.660. The molecule has 0 aromatic carbocycles. The highest BCUT2D eigenvalue weighted by molar-refractivity contribution is 4.61. The zero-order valence-corrected chi connectivity index (χ0v) is 4.13. The van der Waals surface area contributed by atoms with Gasteiger partial charge in [-0.2, -0.15) is 0 Å². The average Bonchev–Trinajstić information content (AvgIpc) is 2.14. The van der Waals surface area contributed by atoms with Crippen LogP contribution in [0.3, 0.4) is 0 Å². The third kappa shape index (κ3) is 1.14. The second-order valence-electron chi connectivity index (χ2n) is 1.68. The zero-order valence-electron chi connectivity index (χ0n) is 5.13. The van der Waals surface area contributed by atoms with Gasteiger partial charge in [0.05, 0.1) is 14.1 Å². The van der Waals surface area contributed by atoms with Crippen LogP contribution < -0.4 is 0 Å². The lowest BCUT2D eigenvalue weighted by atomic mass is 10.2. The van der Waals surface area contributed by atoms with Gasteiger partial charge in [0.1, 0.15) is 0 Å². The summed E-state index contributed by atoms with van der Waals surface area (Å²) in [6, 6.07) is 0. The normalized spacial score (nSPS) is 43.9. The summed E-state index contributed by atoms with van der Waals surface area (Å²) in [5, 5.41) is 8.48. The Bertz CT molecular complexity index is 76.8. The maximum atomic E-state index is 8.48. The molecule has 1 rings (SSSR count). The van der Waals surface area contributed by atoms with Crippen LogP contribution in [0.4, 0.5) is 0 Å². The first-order chi connectivity index (χ1) is 3.83. The Morgan fingerprint density at radius 3 is 3.14 bits per heavy atom. The van der Waals surface area contributed by atoms with Crippen LogP contribution in [-0.4, -0.2) is 24.4 Å². The summed E-state index contributed by atoms with van der Waals surface area (Å²) in [7, 11) is 0. The molecular formula is C5H10O2. The Morgan fingerprint density at radius 2 is 2.86 bits per heavy atom. The Hall–Kier alpha value is -0.0800. The molecule has 2 heteroatoms. The van der Waals surface area contributed by atoms with Gasteiger partial charge in [-0.3, -0.25) is 0 Å². The maximum Gasteiger partial charge on any atom is 0.0806 e. The molecule has 0 aromatic rings. The predicted molar refractivity (Wildman–Crippen MR) is 26.1 cm³/mol. The smallest absolute Gasteiger partial charge is 0.0806 e. The summed E-state index contributed by atoms with van der Waals surface area (Å²) in [5.74, 6) is 0. The molecule has 7 heavy (non-hydrogen) atoms. The minimum Gasteiger partial charge on any atom is -0.394 e. The van der Waals surface area contributed by atoms with Crippen LogP contribution in [0.2, 0.25) is 0 Å². The number of hydrogen-bond acceptors (Lipinski definition) is 2. The van der Waals surface area contributed by atoms with Crippen LogP contribution in [0.25, 0.3) is 0 Å². The van der Waals surface area contributed by atoms with Crippen molar-refractivity contribution in [1.29, 1.82) is 0 Å². The van der Waals surface area contributed by atoms with E-state index in [-0.39, 0.29) is 19.3 Å². The molecule has 1 heterocycles. The van der Waals surface area contributed by atoms with Gasteiger partial charge in [-0.05, 0) is 12.8 Å². The van der Waals surface area contributed by atoms with Gasteiger partial charge in [0, 0.05) is 6.58 Å². The SMILES string of the molecule is [3H]C1CC[C@@H](CO)O1. The van der Waals surface area contributed by atoms with E-state index >= 15 is 0 Å². The molecule has 0 saturated carbocycles. The lowest BCUT2D eigenvalue weighted by molar-refractivity contribution is 0.0591. The molecule has 0 amide bonds. The standard InChI is InChI=1S/C5H10O2/c6-4-5-2-1-3-7-5/h5-6H,1-4H2/t5-/m0/s1/i3T/t3?,5-. The molecule has 0 bridgehead atoms. The molecule has 2 nitrogen and oxygen atoms in total.